The van der Waals surface area contributed by atoms with Crippen LogP contribution < -0.4 is 0 Å². The highest BCUT2D eigenvalue weighted by molar-refractivity contribution is 14.2. The number of nitrogens with zero attached hydrogens (tertiary/aromatic N) is 2. The second-order valence-electron chi connectivity index (χ2n) is 1.57. The molecule has 0 N–H and O–H groups in total. The quantitative estimate of drug-likeness (QED) is 0.661. The van der Waals surface area contributed by atoms with E-state index in [0.29, 0.717) is 0 Å². The summed E-state index contributed by atoms with van der Waals surface area (Å²) >= 11 is 0.0142. The molecular weight excluding hydrogens is 247 g/mol. The van der Waals surface area contributed by atoms with Crippen LogP contribution in [0.2, 0.25) is 0 Å². The van der Waals surface area contributed by atoms with Crippen LogP contribution in [-0.2, 0) is 0 Å². The van der Waals surface area contributed by atoms with Crippen LogP contribution in [0.3, 0.4) is 0 Å². The van der Waals surface area contributed by atoms with Crippen LogP contribution >= 0.6 is 28.6 Å². The van der Waals surface area contributed by atoms with Gasteiger partial charge in [0.25, 0.3) is 0 Å². The molecule has 4 heteroatoms. The number of fused-ring (bicyclic) bond motifs is 1. The summed E-state index contributed by atoms with van der Waals surface area (Å²) in [5.74, 6) is 0. The van der Waals surface area contributed by atoms with Crippen LogP contribution in [-0.4, -0.2) is 4.98 Å². The third-order valence-electron chi connectivity index (χ3n) is 1.00. The molecule has 0 bridgehead atoms. The van der Waals surface area contributed by atoms with E-state index in [2.05, 4.69) is 8.13 Å². The van der Waals surface area contributed by atoms with E-state index < -0.39 is 0 Å². The highest BCUT2D eigenvalue weighted by Gasteiger charge is 2.05. The predicted octanol–water partition coefficient (Wildman–Crippen LogP) is 2.89. The number of hydrogen-bond acceptors (Lipinski definition) is 3. The number of rotatable bonds is 0. The van der Waals surface area contributed by atoms with E-state index in [1.165, 1.54) is 4.90 Å². The number of hydrogen-bond donors (Lipinski definition) is 0. The van der Waals surface area contributed by atoms with Crippen molar-refractivity contribution < 1.29 is 0 Å². The second-order valence-corrected chi connectivity index (χ2v) is 5.29. The van der Waals surface area contributed by atoms with E-state index in [4.69, 9.17) is 0 Å². The molecule has 0 atom stereocenters. The summed E-state index contributed by atoms with van der Waals surface area (Å²) in [6.07, 6.45) is 3.64. The molecule has 9 heavy (non-hydrogen) atoms. The lowest BCUT2D eigenvalue weighted by atomic mass is 10.4. The summed E-state index contributed by atoms with van der Waals surface area (Å²) in [5, 5.41) is 0. The van der Waals surface area contributed by atoms with Gasteiger partial charge >= 0.3 is 0 Å². The number of aromatic nitrogens is 1. The van der Waals surface area contributed by atoms with Gasteiger partial charge in [0.1, 0.15) is 5.69 Å². The Balaban J connectivity index is 2.63. The number of halogens is 1. The van der Waals surface area contributed by atoms with Gasteiger partial charge in [-0.2, -0.15) is 0 Å². The van der Waals surface area contributed by atoms with Crippen molar-refractivity contribution in [2.75, 3.05) is 0 Å². The molecule has 2 heterocycles. The lowest BCUT2D eigenvalue weighted by Gasteiger charge is -1.88. The van der Waals surface area contributed by atoms with Gasteiger partial charge in [0, 0.05) is 11.1 Å². The van der Waals surface area contributed by atoms with Crippen LogP contribution in [0.4, 0.5) is 5.69 Å². The van der Waals surface area contributed by atoms with Gasteiger partial charge in [-0.1, -0.05) is 0 Å². The van der Waals surface area contributed by atoms with Gasteiger partial charge in [0.2, 0.25) is 0 Å². The zero-order valence-corrected chi connectivity index (χ0v) is 7.39. The van der Waals surface area contributed by atoms with E-state index in [-0.39, 0.29) is 19.6 Å². The van der Waals surface area contributed by atoms with E-state index in [9.17, 15) is 0 Å². The molecule has 0 fully saturated rings. The van der Waals surface area contributed by atoms with E-state index in [1.807, 2.05) is 27.4 Å². The largest absolute Gasteiger partial charge is 0.262 e. The Hall–Kier alpha value is 0.0300. The molecular formula is C5H3IN2S. The maximum absolute atomic E-state index is 4.31. The zero-order chi connectivity index (χ0) is 6.10. The summed E-state index contributed by atoms with van der Waals surface area (Å²) < 4.78 is 4.31. The van der Waals surface area contributed by atoms with E-state index in [1.54, 1.807) is 0 Å². The summed E-state index contributed by atoms with van der Waals surface area (Å²) in [5.41, 5.74) is 1.09. The minimum absolute atomic E-state index is 0.0142. The predicted molar refractivity (Wildman–Crippen MR) is 46.2 cm³/mol. The van der Waals surface area contributed by atoms with Gasteiger partial charge in [-0.15, -0.1) is 0 Å². The van der Waals surface area contributed by atoms with Crippen molar-refractivity contribution in [1.82, 2.24) is 4.98 Å². The Labute approximate surface area is 65.7 Å². The van der Waals surface area contributed by atoms with Gasteiger partial charge < -0.3 is 0 Å². The van der Waals surface area contributed by atoms with Gasteiger partial charge in [0.05, 0.1) is 25.8 Å². The summed E-state index contributed by atoms with van der Waals surface area (Å²) in [6.45, 7) is 0. The SMILES string of the molecule is c1cc2c(cn1)N=IS2. The molecule has 1 aliphatic rings. The normalized spacial score (nSPS) is 14.7. The van der Waals surface area contributed by atoms with Crippen LogP contribution in [0.1, 0.15) is 0 Å². The monoisotopic (exact) mass is 250 g/mol. The molecule has 2 nitrogen and oxygen atoms in total. The van der Waals surface area contributed by atoms with Gasteiger partial charge in [-0.25, -0.2) is 3.15 Å². The summed E-state index contributed by atoms with van der Waals surface area (Å²) in [7, 11) is 1.87. The molecule has 1 aromatic heterocycles. The van der Waals surface area contributed by atoms with Crippen molar-refractivity contribution in [3.8, 4) is 0 Å². The van der Waals surface area contributed by atoms with Gasteiger partial charge in [-0.3, -0.25) is 4.98 Å². The third-order valence-corrected chi connectivity index (χ3v) is 4.78. The van der Waals surface area contributed by atoms with Crippen molar-refractivity contribution in [2.24, 2.45) is 3.15 Å². The topological polar surface area (TPSA) is 25.2 Å². The minimum atomic E-state index is 0.0142. The van der Waals surface area contributed by atoms with Crippen molar-refractivity contribution in [3.63, 3.8) is 0 Å². The van der Waals surface area contributed by atoms with E-state index >= 15 is 0 Å². The zero-order valence-electron chi connectivity index (χ0n) is 4.41. The minimum Gasteiger partial charge on any atom is -0.262 e. The molecule has 0 aliphatic carbocycles. The molecule has 0 radical (unpaired) electrons. The first kappa shape index (κ1) is 5.79. The van der Waals surface area contributed by atoms with Gasteiger partial charge in [0.15, 0.2) is 0 Å². The number of pyridine rings is 1. The highest BCUT2D eigenvalue weighted by Crippen LogP contribution is 2.46. The molecule has 0 spiro atoms. The maximum atomic E-state index is 4.31. The lowest BCUT2D eigenvalue weighted by Crippen LogP contribution is -1.68. The van der Waals surface area contributed by atoms with Gasteiger partial charge in [-0.05, 0) is 15.0 Å². The highest BCUT2D eigenvalue weighted by atomic mass is 127. The van der Waals surface area contributed by atoms with Crippen LogP contribution in [0, 0.1) is 0 Å². The second kappa shape index (κ2) is 2.34. The third kappa shape index (κ3) is 1.01. The van der Waals surface area contributed by atoms with Crippen molar-refractivity contribution in [2.45, 2.75) is 4.90 Å². The van der Waals surface area contributed by atoms with Crippen molar-refractivity contribution >= 4 is 34.3 Å². The Kier molecular flexibility index (Phi) is 1.50. The smallest absolute Gasteiger partial charge is 0.102 e. The Morgan fingerprint density at radius 1 is 1.56 bits per heavy atom. The Morgan fingerprint density at radius 3 is 3.44 bits per heavy atom. The maximum Gasteiger partial charge on any atom is 0.102 e. The first-order valence-corrected chi connectivity index (χ1v) is 6.75. The fraction of sp³-hybridized carbons (Fsp3) is 0. The van der Waals surface area contributed by atoms with Crippen LogP contribution in [0.25, 0.3) is 0 Å². The van der Waals surface area contributed by atoms with Crippen molar-refractivity contribution in [1.29, 1.82) is 0 Å². The fourth-order valence-corrected chi connectivity index (χ4v) is 4.30. The molecule has 2 rings (SSSR count). The molecule has 0 unspecified atom stereocenters. The fourth-order valence-electron chi connectivity index (χ4n) is 0.594. The lowest BCUT2D eigenvalue weighted by molar-refractivity contribution is 1.25. The molecule has 0 amide bonds. The van der Waals surface area contributed by atoms with Crippen molar-refractivity contribution in [3.05, 3.63) is 18.5 Å². The molecule has 0 saturated heterocycles. The summed E-state index contributed by atoms with van der Waals surface area (Å²) in [6, 6.07) is 2.02. The standard InChI is InChI=1S/C5H3IN2S/c1-2-7-3-4-5(1)9-6-8-4/h1-3H. The van der Waals surface area contributed by atoms with Crippen LogP contribution in [0.5, 0.6) is 0 Å². The first-order valence-electron chi connectivity index (χ1n) is 2.43. The Bertz CT molecular complexity index is 261. The molecule has 46 valence electrons. The molecule has 0 saturated carbocycles. The average Bonchev–Trinajstić information content (AvgIpc) is 2.33. The molecule has 1 aliphatic heterocycles. The summed E-state index contributed by atoms with van der Waals surface area (Å²) in [4.78, 5) is 5.27. The van der Waals surface area contributed by atoms with Crippen LogP contribution in [0.15, 0.2) is 26.5 Å². The Morgan fingerprint density at radius 2 is 2.56 bits per heavy atom. The average molecular weight is 250 g/mol. The van der Waals surface area contributed by atoms with E-state index in [0.717, 1.165) is 5.69 Å². The molecule has 1 aromatic rings. The first-order chi connectivity index (χ1) is 4.47. The molecule has 0 aromatic carbocycles.